The largest absolute Gasteiger partial charge is 0.491 e. The Kier molecular flexibility index (Phi) is 5.44. The maximum Gasteiger partial charge on any atom is 0.257 e. The van der Waals surface area contributed by atoms with Crippen LogP contribution in [0.4, 0.5) is 5.13 Å². The summed E-state index contributed by atoms with van der Waals surface area (Å²) >= 11 is 1.38. The summed E-state index contributed by atoms with van der Waals surface area (Å²) in [6, 6.07) is 7.74. The Labute approximate surface area is 144 Å². The molecule has 1 N–H and O–H groups in total. The number of nitrogens with one attached hydrogen (secondary N) is 1. The predicted octanol–water partition coefficient (Wildman–Crippen LogP) is 2.95. The topological polar surface area (TPSA) is 69.7 Å². The van der Waals surface area contributed by atoms with Gasteiger partial charge in [-0.05, 0) is 38.1 Å². The Hall–Kier alpha value is -1.96. The fourth-order valence-corrected chi connectivity index (χ4v) is 2.99. The predicted molar refractivity (Wildman–Crippen MR) is 92.5 cm³/mol. The number of amides is 1. The first-order valence-corrected chi connectivity index (χ1v) is 8.72. The lowest BCUT2D eigenvalue weighted by Crippen LogP contribution is -2.39. The third kappa shape index (κ3) is 4.31. The summed E-state index contributed by atoms with van der Waals surface area (Å²) in [7, 11) is 0. The molecule has 24 heavy (non-hydrogen) atoms. The first kappa shape index (κ1) is 16.9. The van der Waals surface area contributed by atoms with E-state index in [1.54, 1.807) is 0 Å². The lowest BCUT2D eigenvalue weighted by atomic mass is 10.2. The lowest BCUT2D eigenvalue weighted by Gasteiger charge is -2.21. The zero-order valence-electron chi connectivity index (χ0n) is 13.7. The molecule has 1 aromatic heterocycles. The number of benzene rings is 1. The van der Waals surface area contributed by atoms with Gasteiger partial charge in [0, 0.05) is 10.9 Å². The molecule has 1 amide bonds. The zero-order chi connectivity index (χ0) is 16.9. The van der Waals surface area contributed by atoms with Crippen molar-refractivity contribution in [1.82, 2.24) is 4.98 Å². The minimum atomic E-state index is -0.571. The molecule has 2 heterocycles. The van der Waals surface area contributed by atoms with E-state index in [0.717, 1.165) is 17.0 Å². The molecule has 1 aromatic carbocycles. The first-order valence-electron chi connectivity index (χ1n) is 7.84. The standard InChI is InChI=1S/C17H20N2O4S/c1-11(2)23-13-5-3-12(4-6-13)14-10-24-17(18-14)19-16(20)15-9-21-7-8-22-15/h3-6,10-11,15H,7-9H2,1-2H3,(H,18,19,20)/t15-/m1/s1. The minimum Gasteiger partial charge on any atom is -0.491 e. The maximum atomic E-state index is 12.1. The summed E-state index contributed by atoms with van der Waals surface area (Å²) in [5.74, 6) is 0.600. The van der Waals surface area contributed by atoms with Crippen molar-refractivity contribution in [2.24, 2.45) is 0 Å². The molecule has 6 nitrogen and oxygen atoms in total. The fourth-order valence-electron chi connectivity index (χ4n) is 2.27. The highest BCUT2D eigenvalue weighted by Gasteiger charge is 2.23. The molecule has 0 bridgehead atoms. The van der Waals surface area contributed by atoms with Gasteiger partial charge in [0.15, 0.2) is 11.2 Å². The van der Waals surface area contributed by atoms with Gasteiger partial charge in [-0.15, -0.1) is 11.3 Å². The summed E-state index contributed by atoms with van der Waals surface area (Å²) in [5.41, 5.74) is 1.78. The van der Waals surface area contributed by atoms with Crippen LogP contribution >= 0.6 is 11.3 Å². The molecule has 1 aliphatic rings. The second-order valence-corrected chi connectivity index (χ2v) is 6.51. The highest BCUT2D eigenvalue weighted by Crippen LogP contribution is 2.27. The molecular formula is C17H20N2O4S. The van der Waals surface area contributed by atoms with Crippen molar-refractivity contribution in [3.05, 3.63) is 29.6 Å². The molecule has 0 radical (unpaired) electrons. The molecule has 1 fully saturated rings. The van der Waals surface area contributed by atoms with Gasteiger partial charge in [0.05, 0.1) is 31.6 Å². The van der Waals surface area contributed by atoms with Gasteiger partial charge in [0.1, 0.15) is 5.75 Å². The number of rotatable bonds is 5. The molecule has 7 heteroatoms. The Bertz CT molecular complexity index is 678. The number of ether oxygens (including phenoxy) is 3. The first-order chi connectivity index (χ1) is 11.6. The van der Waals surface area contributed by atoms with Crippen molar-refractivity contribution in [3.8, 4) is 17.0 Å². The molecule has 1 aliphatic heterocycles. The summed E-state index contributed by atoms with van der Waals surface area (Å²) in [5, 5.41) is 5.23. The highest BCUT2D eigenvalue weighted by molar-refractivity contribution is 7.14. The van der Waals surface area contributed by atoms with Crippen molar-refractivity contribution >= 4 is 22.4 Å². The van der Waals surface area contributed by atoms with Crippen LogP contribution in [0.25, 0.3) is 11.3 Å². The SMILES string of the molecule is CC(C)Oc1ccc(-c2csc(NC(=O)[C@H]3COCCO3)n2)cc1. The molecule has 0 aliphatic carbocycles. The third-order valence-electron chi connectivity index (χ3n) is 3.36. The monoisotopic (exact) mass is 348 g/mol. The zero-order valence-corrected chi connectivity index (χ0v) is 14.5. The van der Waals surface area contributed by atoms with Gasteiger partial charge in [-0.2, -0.15) is 0 Å². The van der Waals surface area contributed by atoms with Gasteiger partial charge in [-0.1, -0.05) is 0 Å². The van der Waals surface area contributed by atoms with Gasteiger partial charge < -0.3 is 14.2 Å². The summed E-state index contributed by atoms with van der Waals surface area (Å²) in [4.78, 5) is 16.5. The quantitative estimate of drug-likeness (QED) is 0.900. The fraction of sp³-hybridized carbons (Fsp3) is 0.412. The van der Waals surface area contributed by atoms with Crippen LogP contribution in [0.2, 0.25) is 0 Å². The number of hydrogen-bond acceptors (Lipinski definition) is 6. The van der Waals surface area contributed by atoms with Crippen molar-refractivity contribution in [3.63, 3.8) is 0 Å². The van der Waals surface area contributed by atoms with Crippen molar-refractivity contribution < 1.29 is 19.0 Å². The van der Waals surface area contributed by atoms with Crippen molar-refractivity contribution in [2.75, 3.05) is 25.1 Å². The normalized spacial score (nSPS) is 17.7. The summed E-state index contributed by atoms with van der Waals surface area (Å²) in [6.45, 7) is 5.23. The molecule has 0 unspecified atom stereocenters. The van der Waals surface area contributed by atoms with E-state index in [1.165, 1.54) is 11.3 Å². The van der Waals surface area contributed by atoms with E-state index in [1.807, 2.05) is 43.5 Å². The number of carbonyl (C=O) groups excluding carboxylic acids is 1. The number of aromatic nitrogens is 1. The van der Waals surface area contributed by atoms with Gasteiger partial charge >= 0.3 is 0 Å². The number of thiazole rings is 1. The van der Waals surface area contributed by atoms with E-state index in [9.17, 15) is 4.79 Å². The van der Waals surface area contributed by atoms with Gasteiger partial charge in [-0.25, -0.2) is 4.98 Å². The smallest absolute Gasteiger partial charge is 0.257 e. The van der Waals surface area contributed by atoms with E-state index in [4.69, 9.17) is 14.2 Å². The lowest BCUT2D eigenvalue weighted by molar-refractivity contribution is -0.142. The Morgan fingerprint density at radius 3 is 2.79 bits per heavy atom. The molecule has 0 spiro atoms. The van der Waals surface area contributed by atoms with Crippen LogP contribution in [-0.4, -0.2) is 42.9 Å². The van der Waals surface area contributed by atoms with E-state index >= 15 is 0 Å². The summed E-state index contributed by atoms with van der Waals surface area (Å²) in [6.07, 6.45) is -0.429. The minimum absolute atomic E-state index is 0.142. The van der Waals surface area contributed by atoms with Crippen LogP contribution < -0.4 is 10.1 Å². The number of nitrogens with zero attached hydrogens (tertiary/aromatic N) is 1. The average Bonchev–Trinajstić information content (AvgIpc) is 3.04. The van der Waals surface area contributed by atoms with E-state index in [2.05, 4.69) is 10.3 Å². The molecule has 2 aromatic rings. The number of anilines is 1. The molecule has 0 saturated carbocycles. The van der Waals surface area contributed by atoms with Crippen molar-refractivity contribution in [1.29, 1.82) is 0 Å². The van der Waals surface area contributed by atoms with Crippen LogP contribution in [0.5, 0.6) is 5.75 Å². The Balaban J connectivity index is 1.63. The van der Waals surface area contributed by atoms with Gasteiger partial charge in [0.25, 0.3) is 5.91 Å². The highest BCUT2D eigenvalue weighted by atomic mass is 32.1. The molecule has 3 rings (SSSR count). The molecular weight excluding hydrogens is 328 g/mol. The van der Waals surface area contributed by atoms with Gasteiger partial charge in [0.2, 0.25) is 0 Å². The van der Waals surface area contributed by atoms with Crippen molar-refractivity contribution in [2.45, 2.75) is 26.1 Å². The van der Waals surface area contributed by atoms with E-state index in [-0.39, 0.29) is 18.6 Å². The second-order valence-electron chi connectivity index (χ2n) is 5.65. The Morgan fingerprint density at radius 1 is 1.33 bits per heavy atom. The van der Waals surface area contributed by atoms with Crippen LogP contribution in [0.15, 0.2) is 29.6 Å². The Morgan fingerprint density at radius 2 is 2.12 bits per heavy atom. The van der Waals surface area contributed by atoms with Crippen LogP contribution in [0.3, 0.4) is 0 Å². The molecule has 1 atom stereocenters. The third-order valence-corrected chi connectivity index (χ3v) is 4.12. The van der Waals surface area contributed by atoms with Crippen LogP contribution in [0.1, 0.15) is 13.8 Å². The molecule has 1 saturated heterocycles. The van der Waals surface area contributed by atoms with E-state index in [0.29, 0.717) is 18.3 Å². The maximum absolute atomic E-state index is 12.1. The number of carbonyl (C=O) groups is 1. The second kappa shape index (κ2) is 7.74. The van der Waals surface area contributed by atoms with E-state index < -0.39 is 6.10 Å². The number of hydrogen-bond donors (Lipinski definition) is 1. The van der Waals surface area contributed by atoms with Gasteiger partial charge in [-0.3, -0.25) is 10.1 Å². The van der Waals surface area contributed by atoms with Crippen LogP contribution in [-0.2, 0) is 14.3 Å². The average molecular weight is 348 g/mol. The molecule has 128 valence electrons. The summed E-state index contributed by atoms with van der Waals surface area (Å²) < 4.78 is 16.2. The van der Waals surface area contributed by atoms with Crippen LogP contribution in [0, 0.1) is 0 Å².